The van der Waals surface area contributed by atoms with Crippen LogP contribution in [0, 0.1) is 10.1 Å². The lowest BCUT2D eigenvalue weighted by Crippen LogP contribution is -2.13. The fourth-order valence-electron chi connectivity index (χ4n) is 1.28. The molecule has 2 N–H and O–H groups in total. The lowest BCUT2D eigenvalue weighted by molar-refractivity contribution is -0.384. The van der Waals surface area contributed by atoms with Crippen molar-refractivity contribution in [2.75, 3.05) is 18.5 Å². The van der Waals surface area contributed by atoms with E-state index in [1.165, 1.54) is 18.2 Å². The summed E-state index contributed by atoms with van der Waals surface area (Å²) in [4.78, 5) is 20.6. The van der Waals surface area contributed by atoms with E-state index in [9.17, 15) is 14.9 Å². The molecular formula is C11H14N2O5. The number of carbonyl (C=O) groups is 1. The van der Waals surface area contributed by atoms with Crippen molar-refractivity contribution in [3.05, 3.63) is 28.3 Å². The van der Waals surface area contributed by atoms with Gasteiger partial charge in [0.05, 0.1) is 17.2 Å². The number of anilines is 1. The van der Waals surface area contributed by atoms with E-state index in [0.717, 1.165) is 6.42 Å². The second kappa shape index (κ2) is 6.43. The van der Waals surface area contributed by atoms with Crippen molar-refractivity contribution in [1.29, 1.82) is 0 Å². The molecule has 0 spiro atoms. The number of ether oxygens (including phenoxy) is 1. The number of carboxylic acid groups (broad SMARTS) is 1. The van der Waals surface area contributed by atoms with Crippen molar-refractivity contribution in [3.8, 4) is 5.75 Å². The van der Waals surface area contributed by atoms with E-state index < -0.39 is 10.9 Å². The minimum Gasteiger partial charge on any atom is -0.491 e. The Kier molecular flexibility index (Phi) is 4.91. The second-order valence-electron chi connectivity index (χ2n) is 3.53. The maximum absolute atomic E-state index is 10.6. The number of rotatable bonds is 7. The van der Waals surface area contributed by atoms with E-state index in [-0.39, 0.29) is 12.2 Å². The van der Waals surface area contributed by atoms with Crippen molar-refractivity contribution >= 4 is 17.3 Å². The van der Waals surface area contributed by atoms with E-state index in [0.29, 0.717) is 18.0 Å². The lowest BCUT2D eigenvalue weighted by Gasteiger charge is -2.11. The Labute approximate surface area is 104 Å². The molecule has 0 heterocycles. The van der Waals surface area contributed by atoms with Gasteiger partial charge in [0.1, 0.15) is 12.3 Å². The number of nitro benzene ring substituents is 1. The third-order valence-corrected chi connectivity index (χ3v) is 2.07. The van der Waals surface area contributed by atoms with Gasteiger partial charge in [-0.2, -0.15) is 0 Å². The molecule has 0 aliphatic rings. The molecule has 0 saturated heterocycles. The summed E-state index contributed by atoms with van der Waals surface area (Å²) in [5.41, 5.74) is 0.187. The highest BCUT2D eigenvalue weighted by molar-refractivity contribution is 5.74. The zero-order valence-electron chi connectivity index (χ0n) is 9.88. The molecule has 0 saturated carbocycles. The van der Waals surface area contributed by atoms with Crippen LogP contribution >= 0.6 is 0 Å². The number of hydrogen-bond donors (Lipinski definition) is 2. The maximum atomic E-state index is 10.6. The molecule has 0 atom stereocenters. The van der Waals surface area contributed by atoms with Gasteiger partial charge in [0.25, 0.3) is 5.69 Å². The van der Waals surface area contributed by atoms with Crippen LogP contribution in [0.1, 0.15) is 13.3 Å². The standard InChI is InChI=1S/C11H14N2O5/c1-2-5-18-10-4-3-8(13(16)17)6-9(10)12-7-11(14)15/h3-4,6,12H,2,5,7H2,1H3,(H,14,15). The first-order valence-electron chi connectivity index (χ1n) is 5.41. The number of hydrogen-bond acceptors (Lipinski definition) is 5. The van der Waals surface area contributed by atoms with E-state index in [2.05, 4.69) is 5.32 Å². The summed E-state index contributed by atoms with van der Waals surface area (Å²) in [6.45, 7) is 2.05. The Balaban J connectivity index is 2.93. The molecule has 0 amide bonds. The predicted octanol–water partition coefficient (Wildman–Crippen LogP) is 1.88. The fourth-order valence-corrected chi connectivity index (χ4v) is 1.28. The van der Waals surface area contributed by atoms with E-state index in [4.69, 9.17) is 9.84 Å². The van der Waals surface area contributed by atoms with Crippen LogP contribution in [0.25, 0.3) is 0 Å². The van der Waals surface area contributed by atoms with Gasteiger partial charge in [-0.15, -0.1) is 0 Å². The van der Waals surface area contributed by atoms with Gasteiger partial charge in [-0.1, -0.05) is 6.92 Å². The Morgan fingerprint density at radius 1 is 1.56 bits per heavy atom. The summed E-state index contributed by atoms with van der Waals surface area (Å²) < 4.78 is 5.38. The van der Waals surface area contributed by atoms with Gasteiger partial charge in [0, 0.05) is 12.1 Å². The monoisotopic (exact) mass is 254 g/mol. The van der Waals surface area contributed by atoms with Gasteiger partial charge < -0.3 is 15.2 Å². The quantitative estimate of drug-likeness (QED) is 0.569. The summed E-state index contributed by atoms with van der Waals surface area (Å²) in [6, 6.07) is 4.03. The fraction of sp³-hybridized carbons (Fsp3) is 0.364. The number of nitrogens with zero attached hydrogens (tertiary/aromatic N) is 1. The molecule has 0 aliphatic heterocycles. The number of benzene rings is 1. The third kappa shape index (κ3) is 3.93. The molecular weight excluding hydrogens is 240 g/mol. The first kappa shape index (κ1) is 13.8. The molecule has 7 nitrogen and oxygen atoms in total. The van der Waals surface area contributed by atoms with E-state index in [1.807, 2.05) is 6.92 Å². The van der Waals surface area contributed by atoms with Crippen LogP contribution in [0.4, 0.5) is 11.4 Å². The normalized spacial score (nSPS) is 9.83. The Morgan fingerprint density at radius 2 is 2.28 bits per heavy atom. The highest BCUT2D eigenvalue weighted by Gasteiger charge is 2.12. The van der Waals surface area contributed by atoms with Crippen LogP contribution in [-0.4, -0.2) is 29.2 Å². The van der Waals surface area contributed by atoms with Gasteiger partial charge >= 0.3 is 5.97 Å². The van der Waals surface area contributed by atoms with Crippen LogP contribution in [-0.2, 0) is 4.79 Å². The van der Waals surface area contributed by atoms with Crippen LogP contribution in [0.5, 0.6) is 5.75 Å². The summed E-state index contributed by atoms with van der Waals surface area (Å²) >= 11 is 0. The van der Waals surface area contributed by atoms with Crippen molar-refractivity contribution in [2.24, 2.45) is 0 Å². The smallest absolute Gasteiger partial charge is 0.322 e. The minimum atomic E-state index is -1.05. The molecule has 1 aromatic carbocycles. The Hall–Kier alpha value is -2.31. The van der Waals surface area contributed by atoms with Crippen molar-refractivity contribution in [3.63, 3.8) is 0 Å². The molecule has 0 bridgehead atoms. The summed E-state index contributed by atoms with van der Waals surface area (Å²) in [7, 11) is 0. The van der Waals surface area contributed by atoms with Crippen LogP contribution < -0.4 is 10.1 Å². The van der Waals surface area contributed by atoms with E-state index in [1.54, 1.807) is 0 Å². The summed E-state index contributed by atoms with van der Waals surface area (Å²) in [5, 5.41) is 21.8. The highest BCUT2D eigenvalue weighted by atomic mass is 16.6. The number of non-ortho nitro benzene ring substituents is 1. The molecule has 98 valence electrons. The van der Waals surface area contributed by atoms with Gasteiger partial charge in [-0.05, 0) is 12.5 Å². The molecule has 0 radical (unpaired) electrons. The number of carboxylic acids is 1. The van der Waals surface area contributed by atoms with E-state index >= 15 is 0 Å². The molecule has 18 heavy (non-hydrogen) atoms. The molecule has 7 heteroatoms. The highest BCUT2D eigenvalue weighted by Crippen LogP contribution is 2.29. The minimum absolute atomic E-state index is 0.119. The zero-order valence-corrected chi connectivity index (χ0v) is 9.88. The molecule has 0 unspecified atom stereocenters. The third-order valence-electron chi connectivity index (χ3n) is 2.07. The van der Waals surface area contributed by atoms with Crippen molar-refractivity contribution in [1.82, 2.24) is 0 Å². The molecule has 0 aromatic heterocycles. The number of nitrogens with one attached hydrogen (secondary N) is 1. The second-order valence-corrected chi connectivity index (χ2v) is 3.53. The molecule has 0 fully saturated rings. The van der Waals surface area contributed by atoms with Gasteiger partial charge in [-0.25, -0.2) is 0 Å². The number of nitro groups is 1. The van der Waals surface area contributed by atoms with Crippen molar-refractivity contribution in [2.45, 2.75) is 13.3 Å². The zero-order chi connectivity index (χ0) is 13.5. The molecule has 1 rings (SSSR count). The Bertz CT molecular complexity index is 447. The largest absolute Gasteiger partial charge is 0.491 e. The average molecular weight is 254 g/mol. The summed E-state index contributed by atoms with van der Waals surface area (Å²) in [5.74, 6) is -0.647. The van der Waals surface area contributed by atoms with Gasteiger partial charge in [-0.3, -0.25) is 14.9 Å². The number of aliphatic carboxylic acids is 1. The average Bonchev–Trinajstić information content (AvgIpc) is 2.33. The van der Waals surface area contributed by atoms with Crippen LogP contribution in [0.15, 0.2) is 18.2 Å². The first-order valence-corrected chi connectivity index (χ1v) is 5.41. The Morgan fingerprint density at radius 3 is 2.83 bits per heavy atom. The molecule has 0 aliphatic carbocycles. The van der Waals surface area contributed by atoms with Crippen LogP contribution in [0.2, 0.25) is 0 Å². The van der Waals surface area contributed by atoms with Gasteiger partial charge in [0.15, 0.2) is 0 Å². The predicted molar refractivity (Wildman–Crippen MR) is 65.0 cm³/mol. The first-order chi connectivity index (χ1) is 8.54. The van der Waals surface area contributed by atoms with Crippen LogP contribution in [0.3, 0.4) is 0 Å². The topological polar surface area (TPSA) is 102 Å². The van der Waals surface area contributed by atoms with Crippen molar-refractivity contribution < 1.29 is 19.6 Å². The maximum Gasteiger partial charge on any atom is 0.322 e. The van der Waals surface area contributed by atoms with Gasteiger partial charge in [0.2, 0.25) is 0 Å². The SMILES string of the molecule is CCCOc1ccc([N+](=O)[O-])cc1NCC(=O)O. The molecule has 1 aromatic rings. The lowest BCUT2D eigenvalue weighted by atomic mass is 10.2. The summed E-state index contributed by atoms with van der Waals surface area (Å²) in [6.07, 6.45) is 0.787.